The van der Waals surface area contributed by atoms with Gasteiger partial charge < -0.3 is 5.32 Å². The molecule has 2 aromatic carbocycles. The van der Waals surface area contributed by atoms with Gasteiger partial charge in [0.1, 0.15) is 0 Å². The summed E-state index contributed by atoms with van der Waals surface area (Å²) in [7, 11) is 0. The number of anilines is 1. The molecule has 0 radical (unpaired) electrons. The molecule has 1 atom stereocenters. The Hall–Kier alpha value is -2.35. The van der Waals surface area contributed by atoms with Crippen LogP contribution in [0.2, 0.25) is 10.0 Å². The lowest BCUT2D eigenvalue weighted by Crippen LogP contribution is -2.28. The predicted molar refractivity (Wildman–Crippen MR) is 85.0 cm³/mol. The Morgan fingerprint density at radius 1 is 0.955 bits per heavy atom. The van der Waals surface area contributed by atoms with Gasteiger partial charge in [0.15, 0.2) is 11.7 Å². The van der Waals surface area contributed by atoms with Crippen molar-refractivity contribution in [1.29, 1.82) is 5.26 Å². The Morgan fingerprint density at radius 2 is 1.45 bits per heavy atom. The quantitative estimate of drug-likeness (QED) is 0.680. The third-order valence-electron chi connectivity index (χ3n) is 2.89. The van der Waals surface area contributed by atoms with Crippen LogP contribution in [0.15, 0.2) is 48.5 Å². The number of ketones is 1. The fourth-order valence-electron chi connectivity index (χ4n) is 1.76. The highest BCUT2D eigenvalue weighted by atomic mass is 35.5. The summed E-state index contributed by atoms with van der Waals surface area (Å²) in [6.45, 7) is 0. The molecule has 0 aliphatic carbocycles. The van der Waals surface area contributed by atoms with Crippen molar-refractivity contribution in [3.8, 4) is 6.07 Å². The number of hydrogen-bond donors (Lipinski definition) is 1. The molecule has 0 aliphatic heterocycles. The van der Waals surface area contributed by atoms with Crippen LogP contribution < -0.4 is 5.32 Å². The second-order valence-corrected chi connectivity index (χ2v) is 5.30. The number of carbonyl (C=O) groups is 2. The average molecular weight is 333 g/mol. The standard InChI is InChI=1S/C16H10Cl2N2O2/c17-11-3-1-10(2-4-11)15(21)14(9-19)16(22)20-13-7-5-12(18)6-8-13/h1-8,14H,(H,20,22). The SMILES string of the molecule is N#CC(C(=O)Nc1ccc(Cl)cc1)C(=O)c1ccc(Cl)cc1. The molecule has 4 nitrogen and oxygen atoms in total. The van der Waals surface area contributed by atoms with E-state index < -0.39 is 17.6 Å². The van der Waals surface area contributed by atoms with Gasteiger partial charge in [-0.2, -0.15) is 5.26 Å². The summed E-state index contributed by atoms with van der Waals surface area (Å²) < 4.78 is 0. The summed E-state index contributed by atoms with van der Waals surface area (Å²) in [4.78, 5) is 24.3. The van der Waals surface area contributed by atoms with Crippen LogP contribution in [0.1, 0.15) is 10.4 Å². The molecule has 2 rings (SSSR count). The Morgan fingerprint density at radius 3 is 1.95 bits per heavy atom. The first kappa shape index (κ1) is 16.0. The topological polar surface area (TPSA) is 70.0 Å². The number of nitrogens with one attached hydrogen (secondary N) is 1. The van der Waals surface area contributed by atoms with Gasteiger partial charge in [-0.3, -0.25) is 9.59 Å². The lowest BCUT2D eigenvalue weighted by molar-refractivity contribution is -0.117. The third kappa shape index (κ3) is 3.85. The smallest absolute Gasteiger partial charge is 0.249 e. The molecule has 6 heteroatoms. The number of nitrogens with zero attached hydrogens (tertiary/aromatic N) is 1. The van der Waals surface area contributed by atoms with Crippen LogP contribution >= 0.6 is 23.2 Å². The maximum Gasteiger partial charge on any atom is 0.249 e. The largest absolute Gasteiger partial charge is 0.325 e. The van der Waals surface area contributed by atoms with Gasteiger partial charge in [-0.1, -0.05) is 23.2 Å². The number of halogens is 2. The first-order valence-electron chi connectivity index (χ1n) is 6.27. The molecule has 1 unspecified atom stereocenters. The second-order valence-electron chi connectivity index (χ2n) is 4.43. The summed E-state index contributed by atoms with van der Waals surface area (Å²) in [5.41, 5.74) is 0.709. The fraction of sp³-hybridized carbons (Fsp3) is 0.0625. The first-order valence-corrected chi connectivity index (χ1v) is 7.02. The molecule has 1 N–H and O–H groups in total. The number of rotatable bonds is 4. The van der Waals surface area contributed by atoms with Crippen LogP contribution in [0.5, 0.6) is 0 Å². The molecule has 22 heavy (non-hydrogen) atoms. The zero-order valence-corrected chi connectivity index (χ0v) is 12.7. The molecule has 1 amide bonds. The Bertz CT molecular complexity index is 734. The van der Waals surface area contributed by atoms with Gasteiger partial charge in [0.05, 0.1) is 6.07 Å². The number of Topliss-reactive ketones (excluding diaryl/α,β-unsaturated/α-hetero) is 1. The van der Waals surface area contributed by atoms with E-state index in [1.165, 1.54) is 24.3 Å². The third-order valence-corrected chi connectivity index (χ3v) is 3.40. The normalized spacial score (nSPS) is 11.3. The molecule has 0 saturated heterocycles. The summed E-state index contributed by atoms with van der Waals surface area (Å²) in [5.74, 6) is -2.70. The monoisotopic (exact) mass is 332 g/mol. The minimum atomic E-state index is -1.43. The van der Waals surface area contributed by atoms with Crippen LogP contribution in [-0.4, -0.2) is 11.7 Å². The number of amides is 1. The van der Waals surface area contributed by atoms with Crippen molar-refractivity contribution in [2.24, 2.45) is 5.92 Å². The number of hydrogen-bond acceptors (Lipinski definition) is 3. The molecule has 2 aromatic rings. The number of benzene rings is 2. The minimum Gasteiger partial charge on any atom is -0.325 e. The lowest BCUT2D eigenvalue weighted by Gasteiger charge is -2.10. The Labute approximate surface area is 137 Å². The van der Waals surface area contributed by atoms with E-state index in [2.05, 4.69) is 5.32 Å². The average Bonchev–Trinajstić information content (AvgIpc) is 2.51. The van der Waals surface area contributed by atoms with Gasteiger partial charge in [-0.15, -0.1) is 0 Å². The molecule has 0 spiro atoms. The van der Waals surface area contributed by atoms with Crippen molar-refractivity contribution < 1.29 is 9.59 Å². The molecule has 0 heterocycles. The van der Waals surface area contributed by atoms with E-state index in [-0.39, 0.29) is 5.56 Å². The number of nitriles is 1. The molecule has 0 fully saturated rings. The highest BCUT2D eigenvalue weighted by Gasteiger charge is 2.27. The van der Waals surface area contributed by atoms with E-state index in [0.29, 0.717) is 15.7 Å². The van der Waals surface area contributed by atoms with E-state index in [9.17, 15) is 9.59 Å². The maximum atomic E-state index is 12.2. The predicted octanol–water partition coefficient (Wildman–Crippen LogP) is 3.95. The van der Waals surface area contributed by atoms with Crippen molar-refractivity contribution in [3.63, 3.8) is 0 Å². The summed E-state index contributed by atoms with van der Waals surface area (Å²) in [6, 6.07) is 14.1. The lowest BCUT2D eigenvalue weighted by atomic mass is 9.98. The van der Waals surface area contributed by atoms with Crippen molar-refractivity contribution in [3.05, 3.63) is 64.1 Å². The molecular formula is C16H10Cl2N2O2. The summed E-state index contributed by atoms with van der Waals surface area (Å²) in [6.07, 6.45) is 0. The van der Waals surface area contributed by atoms with Gasteiger partial charge in [0, 0.05) is 21.3 Å². The summed E-state index contributed by atoms with van der Waals surface area (Å²) in [5, 5.41) is 12.6. The van der Waals surface area contributed by atoms with Crippen molar-refractivity contribution in [2.75, 3.05) is 5.32 Å². The molecule has 0 aromatic heterocycles. The highest BCUT2D eigenvalue weighted by Crippen LogP contribution is 2.17. The van der Waals surface area contributed by atoms with Crippen LogP contribution in [-0.2, 0) is 4.79 Å². The zero-order valence-electron chi connectivity index (χ0n) is 11.2. The molecular weight excluding hydrogens is 323 g/mol. The van der Waals surface area contributed by atoms with Crippen LogP contribution in [0, 0.1) is 17.2 Å². The van der Waals surface area contributed by atoms with Crippen molar-refractivity contribution >= 4 is 40.6 Å². The summed E-state index contributed by atoms with van der Waals surface area (Å²) >= 11 is 11.5. The van der Waals surface area contributed by atoms with Gasteiger partial charge in [0.2, 0.25) is 5.91 Å². The van der Waals surface area contributed by atoms with Crippen LogP contribution in [0.3, 0.4) is 0 Å². The molecule has 110 valence electrons. The number of carbonyl (C=O) groups excluding carboxylic acids is 2. The van der Waals surface area contributed by atoms with Gasteiger partial charge in [-0.05, 0) is 48.5 Å². The van der Waals surface area contributed by atoms with E-state index in [4.69, 9.17) is 28.5 Å². The van der Waals surface area contributed by atoms with Crippen molar-refractivity contribution in [2.45, 2.75) is 0 Å². The van der Waals surface area contributed by atoms with Crippen LogP contribution in [0.4, 0.5) is 5.69 Å². The fourth-order valence-corrected chi connectivity index (χ4v) is 2.02. The molecule has 0 bridgehead atoms. The van der Waals surface area contributed by atoms with E-state index >= 15 is 0 Å². The van der Waals surface area contributed by atoms with Gasteiger partial charge >= 0.3 is 0 Å². The van der Waals surface area contributed by atoms with Gasteiger partial charge in [-0.25, -0.2) is 0 Å². The first-order chi connectivity index (χ1) is 10.5. The maximum absolute atomic E-state index is 12.2. The Kier molecular flexibility index (Phi) is 5.16. The molecule has 0 saturated carbocycles. The minimum absolute atomic E-state index is 0.252. The van der Waals surface area contributed by atoms with E-state index in [1.54, 1.807) is 30.3 Å². The second kappa shape index (κ2) is 7.08. The Balaban J connectivity index is 2.15. The van der Waals surface area contributed by atoms with Crippen molar-refractivity contribution in [1.82, 2.24) is 0 Å². The van der Waals surface area contributed by atoms with E-state index in [1.807, 2.05) is 0 Å². The van der Waals surface area contributed by atoms with E-state index in [0.717, 1.165) is 0 Å². The zero-order chi connectivity index (χ0) is 16.1. The molecule has 0 aliphatic rings. The highest BCUT2D eigenvalue weighted by molar-refractivity contribution is 6.31. The van der Waals surface area contributed by atoms with Gasteiger partial charge in [0.25, 0.3) is 0 Å². The van der Waals surface area contributed by atoms with Crippen LogP contribution in [0.25, 0.3) is 0 Å².